The van der Waals surface area contributed by atoms with E-state index in [1.807, 2.05) is 6.20 Å². The van der Waals surface area contributed by atoms with E-state index < -0.39 is 0 Å². The molecular weight excluding hydrogens is 379 g/mol. The Morgan fingerprint density at radius 3 is 3.04 bits per heavy atom. The summed E-state index contributed by atoms with van der Waals surface area (Å²) in [6, 6.07) is 4.27. The number of hydrogen-bond acceptors (Lipinski definition) is 4. The van der Waals surface area contributed by atoms with Gasteiger partial charge in [0.05, 0.1) is 21.7 Å². The molecule has 0 saturated carbocycles. The van der Waals surface area contributed by atoms with Crippen molar-refractivity contribution < 1.29 is 0 Å². The summed E-state index contributed by atoms with van der Waals surface area (Å²) in [7, 11) is 0. The lowest BCUT2D eigenvalue weighted by Gasteiger charge is -2.32. The van der Waals surface area contributed by atoms with E-state index in [1.165, 1.54) is 16.7 Å². The molecule has 1 saturated heterocycles. The van der Waals surface area contributed by atoms with Gasteiger partial charge in [0.15, 0.2) is 0 Å². The summed E-state index contributed by atoms with van der Waals surface area (Å²) in [6.07, 6.45) is 10.9. The monoisotopic (exact) mass is 398 g/mol. The van der Waals surface area contributed by atoms with Crippen LogP contribution in [0.1, 0.15) is 26.2 Å². The molecule has 1 N–H and O–H groups in total. The molecule has 0 aromatic carbocycles. The van der Waals surface area contributed by atoms with Gasteiger partial charge in [-0.3, -0.25) is 0 Å². The van der Waals surface area contributed by atoms with Crippen LogP contribution in [-0.4, -0.2) is 24.1 Å². The summed E-state index contributed by atoms with van der Waals surface area (Å²) < 4.78 is 0. The highest BCUT2D eigenvalue weighted by atomic mass is 35.5. The topological polar surface area (TPSA) is 52.0 Å². The molecule has 138 valence electrons. The fourth-order valence-electron chi connectivity index (χ4n) is 3.95. The van der Waals surface area contributed by atoms with Gasteiger partial charge in [-0.05, 0) is 60.6 Å². The Hall–Kier alpha value is -2.22. The Morgan fingerprint density at radius 1 is 1.41 bits per heavy atom. The van der Waals surface area contributed by atoms with Crippen LogP contribution in [0.25, 0.3) is 0 Å². The first kappa shape index (κ1) is 18.2. The van der Waals surface area contributed by atoms with Crippen molar-refractivity contribution in [2.75, 3.05) is 18.0 Å². The average molecular weight is 399 g/mol. The fraction of sp³-hybridized carbons (Fsp3) is 0.333. The third-order valence-corrected chi connectivity index (χ3v) is 5.94. The molecule has 1 atom stereocenters. The van der Waals surface area contributed by atoms with Gasteiger partial charge in [0, 0.05) is 25.5 Å². The number of nitriles is 1. The molecule has 0 bridgehead atoms. The van der Waals surface area contributed by atoms with Crippen LogP contribution < -0.4 is 10.2 Å². The highest BCUT2D eigenvalue weighted by molar-refractivity contribution is 6.36. The summed E-state index contributed by atoms with van der Waals surface area (Å²) in [5.74, 6) is 0.789. The number of fused-ring (bicyclic) bond motifs is 1. The maximum Gasteiger partial charge on any atom is 0.147 e. The van der Waals surface area contributed by atoms with Crippen LogP contribution >= 0.6 is 23.2 Å². The van der Waals surface area contributed by atoms with E-state index in [0.717, 1.165) is 49.3 Å². The Balaban J connectivity index is 1.60. The number of halogens is 2. The van der Waals surface area contributed by atoms with Gasteiger partial charge >= 0.3 is 0 Å². The average Bonchev–Trinajstić information content (AvgIpc) is 3.10. The molecule has 6 heteroatoms. The number of rotatable bonds is 2. The molecule has 4 nitrogen and oxygen atoms in total. The maximum absolute atomic E-state index is 9.32. The molecule has 3 aliphatic rings. The lowest BCUT2D eigenvalue weighted by molar-refractivity contribution is 0.663. The van der Waals surface area contributed by atoms with Gasteiger partial charge in [0.25, 0.3) is 0 Å². The Labute approximate surface area is 169 Å². The molecule has 4 rings (SSSR count). The summed E-state index contributed by atoms with van der Waals surface area (Å²) in [5, 5.41) is 13.7. The van der Waals surface area contributed by atoms with Crippen molar-refractivity contribution in [2.24, 2.45) is 0 Å². The van der Waals surface area contributed by atoms with E-state index in [-0.39, 0.29) is 6.04 Å². The van der Waals surface area contributed by atoms with E-state index >= 15 is 0 Å². The molecule has 1 unspecified atom stereocenters. The lowest BCUT2D eigenvalue weighted by Crippen LogP contribution is -2.32. The largest absolute Gasteiger partial charge is 0.383 e. The molecule has 0 amide bonds. The second-order valence-corrected chi connectivity index (χ2v) is 7.94. The highest BCUT2D eigenvalue weighted by Crippen LogP contribution is 2.34. The van der Waals surface area contributed by atoms with Crippen molar-refractivity contribution in [3.05, 3.63) is 68.5 Å². The zero-order valence-electron chi connectivity index (χ0n) is 15.1. The quantitative estimate of drug-likeness (QED) is 0.765. The molecule has 3 heterocycles. The standard InChI is InChI=1S/C21H20Cl2N4/c1-13(14-4-5-20-18(7-14)16(9-24)10-25-20)15-3-2-6-27(12-15)21-19(23)8-17(22)11-26-21/h4,7-8,10-11,20,25H,2-3,5-6,12H2,1H3/b15-13-. The van der Waals surface area contributed by atoms with E-state index in [2.05, 4.69) is 40.3 Å². The van der Waals surface area contributed by atoms with Crippen LogP contribution in [0.15, 0.2) is 58.5 Å². The number of anilines is 1. The molecular formula is C21H20Cl2N4. The van der Waals surface area contributed by atoms with Crippen LogP contribution in [0.2, 0.25) is 10.0 Å². The zero-order chi connectivity index (χ0) is 19.0. The van der Waals surface area contributed by atoms with Gasteiger partial charge in [-0.25, -0.2) is 4.98 Å². The second-order valence-electron chi connectivity index (χ2n) is 7.10. The molecule has 0 radical (unpaired) electrons. The molecule has 1 aromatic rings. The van der Waals surface area contributed by atoms with Crippen LogP contribution in [0.5, 0.6) is 0 Å². The van der Waals surface area contributed by atoms with Crippen molar-refractivity contribution in [3.63, 3.8) is 0 Å². The number of nitrogens with one attached hydrogen (secondary N) is 1. The first-order valence-corrected chi connectivity index (χ1v) is 9.86. The Morgan fingerprint density at radius 2 is 2.26 bits per heavy atom. The second kappa shape index (κ2) is 7.42. The van der Waals surface area contributed by atoms with E-state index in [9.17, 15) is 5.26 Å². The first-order chi connectivity index (χ1) is 13.1. The van der Waals surface area contributed by atoms with Crippen molar-refractivity contribution in [1.82, 2.24) is 10.3 Å². The number of allylic oxidation sites excluding steroid dienone is 3. The number of aromatic nitrogens is 1. The molecule has 1 aromatic heterocycles. The van der Waals surface area contributed by atoms with Crippen molar-refractivity contribution >= 4 is 29.0 Å². The summed E-state index contributed by atoms with van der Waals surface area (Å²) in [5.41, 5.74) is 5.75. The highest BCUT2D eigenvalue weighted by Gasteiger charge is 2.26. The van der Waals surface area contributed by atoms with E-state index in [1.54, 1.807) is 12.3 Å². The summed E-state index contributed by atoms with van der Waals surface area (Å²) >= 11 is 12.3. The molecule has 27 heavy (non-hydrogen) atoms. The van der Waals surface area contributed by atoms with Gasteiger partial charge in [0.2, 0.25) is 0 Å². The molecule has 2 aliphatic heterocycles. The molecule has 1 aliphatic carbocycles. The number of piperidine rings is 1. The SMILES string of the molecule is C/C(C1=CCC2NC=C(C#N)C2=C1)=C1\CCCN(c2ncc(Cl)cc2Cl)C1. The van der Waals surface area contributed by atoms with Crippen LogP contribution in [0, 0.1) is 11.3 Å². The third-order valence-electron chi connectivity index (χ3n) is 5.46. The lowest BCUT2D eigenvalue weighted by atomic mass is 9.87. The minimum absolute atomic E-state index is 0.237. The van der Waals surface area contributed by atoms with Crippen molar-refractivity contribution in [2.45, 2.75) is 32.2 Å². The third kappa shape index (κ3) is 3.50. The Bertz CT molecular complexity index is 949. The van der Waals surface area contributed by atoms with Crippen LogP contribution in [-0.2, 0) is 0 Å². The molecule has 0 spiro atoms. The van der Waals surface area contributed by atoms with Crippen LogP contribution in [0.4, 0.5) is 5.82 Å². The van der Waals surface area contributed by atoms with E-state index in [0.29, 0.717) is 10.0 Å². The smallest absolute Gasteiger partial charge is 0.147 e. The fourth-order valence-corrected chi connectivity index (χ4v) is 4.45. The number of pyridine rings is 1. The number of hydrogen-bond donors (Lipinski definition) is 1. The zero-order valence-corrected chi connectivity index (χ0v) is 16.6. The van der Waals surface area contributed by atoms with Gasteiger partial charge < -0.3 is 10.2 Å². The predicted molar refractivity (Wildman–Crippen MR) is 110 cm³/mol. The Kier molecular flexibility index (Phi) is 4.99. The van der Waals surface area contributed by atoms with E-state index in [4.69, 9.17) is 23.2 Å². The van der Waals surface area contributed by atoms with Crippen molar-refractivity contribution in [1.29, 1.82) is 5.26 Å². The van der Waals surface area contributed by atoms with Gasteiger partial charge in [-0.15, -0.1) is 0 Å². The van der Waals surface area contributed by atoms with Gasteiger partial charge in [-0.2, -0.15) is 5.26 Å². The summed E-state index contributed by atoms with van der Waals surface area (Å²) in [6.45, 7) is 3.92. The summed E-state index contributed by atoms with van der Waals surface area (Å²) in [4.78, 5) is 6.65. The predicted octanol–water partition coefficient (Wildman–Crippen LogP) is 4.94. The maximum atomic E-state index is 9.32. The normalized spacial score (nSPS) is 23.6. The number of nitrogens with zero attached hydrogens (tertiary/aromatic N) is 3. The molecule has 1 fully saturated rings. The van der Waals surface area contributed by atoms with Gasteiger partial charge in [0.1, 0.15) is 11.9 Å². The van der Waals surface area contributed by atoms with Crippen LogP contribution in [0.3, 0.4) is 0 Å². The van der Waals surface area contributed by atoms with Crippen molar-refractivity contribution in [3.8, 4) is 6.07 Å². The minimum Gasteiger partial charge on any atom is -0.383 e. The van der Waals surface area contributed by atoms with Gasteiger partial charge in [-0.1, -0.05) is 29.3 Å². The first-order valence-electron chi connectivity index (χ1n) is 9.10. The minimum atomic E-state index is 0.237.